The average Bonchev–Trinajstić information content (AvgIpc) is 2.50. The van der Waals surface area contributed by atoms with Crippen molar-refractivity contribution in [2.24, 2.45) is 0 Å². The molecule has 0 unspecified atom stereocenters. The lowest BCUT2D eigenvalue weighted by atomic mass is 9.72. The number of aryl methyl sites for hydroxylation is 2. The Labute approximate surface area is 137 Å². The van der Waals surface area contributed by atoms with Gasteiger partial charge in [-0.25, -0.2) is 0 Å². The Morgan fingerprint density at radius 1 is 0.957 bits per heavy atom. The van der Waals surface area contributed by atoms with Gasteiger partial charge < -0.3 is 15.0 Å². The summed E-state index contributed by atoms with van der Waals surface area (Å²) in [5.74, 6) is 0.691. The van der Waals surface area contributed by atoms with Crippen molar-refractivity contribution in [2.45, 2.75) is 46.0 Å². The number of phenolic OH excluding ortho intramolecular Hbond substituents is 2. The molecule has 0 atom stereocenters. The monoisotopic (exact) mass is 312 g/mol. The summed E-state index contributed by atoms with van der Waals surface area (Å²) in [5, 5.41) is 19.6. The molecule has 0 aliphatic heterocycles. The first kappa shape index (κ1) is 17.1. The van der Waals surface area contributed by atoms with Crippen LogP contribution in [0.4, 0.5) is 0 Å². The quantitative estimate of drug-likeness (QED) is 0.861. The Morgan fingerprint density at radius 2 is 1.39 bits per heavy atom. The van der Waals surface area contributed by atoms with Gasteiger partial charge in [-0.05, 0) is 61.6 Å². The molecule has 0 heterocycles. The molecule has 0 aliphatic rings. The van der Waals surface area contributed by atoms with Crippen LogP contribution in [0.2, 0.25) is 0 Å². The summed E-state index contributed by atoms with van der Waals surface area (Å²) in [7, 11) is 0. The molecule has 0 radical (unpaired) electrons. The number of carbonyl (C=O) groups excluding carboxylic acids is 1. The van der Waals surface area contributed by atoms with Gasteiger partial charge in [-0.1, -0.05) is 31.2 Å². The standard InChI is InChI=1S/C20H24O3/c1-13-11-16(5-7-18(13)22)20(4,10-9-15(3)21)17-6-8-19(23)14(2)12-17/h5-8,11-12,22-23H,9-10H2,1-4H3. The van der Waals surface area contributed by atoms with Crippen molar-refractivity contribution in [3.05, 3.63) is 58.7 Å². The lowest BCUT2D eigenvalue weighted by Gasteiger charge is -2.32. The maximum Gasteiger partial charge on any atom is 0.129 e. The zero-order valence-electron chi connectivity index (χ0n) is 14.2. The van der Waals surface area contributed by atoms with Crippen molar-refractivity contribution in [3.8, 4) is 11.5 Å². The highest BCUT2D eigenvalue weighted by Crippen LogP contribution is 2.39. The van der Waals surface area contributed by atoms with Crippen LogP contribution in [0, 0.1) is 13.8 Å². The molecule has 122 valence electrons. The number of hydrogen-bond donors (Lipinski definition) is 2. The van der Waals surface area contributed by atoms with Crippen LogP contribution in [0.1, 0.15) is 48.9 Å². The number of rotatable bonds is 5. The second kappa shape index (κ2) is 6.45. The van der Waals surface area contributed by atoms with Crippen molar-refractivity contribution >= 4 is 5.78 Å². The highest BCUT2D eigenvalue weighted by atomic mass is 16.3. The Bertz CT molecular complexity index is 680. The van der Waals surface area contributed by atoms with Gasteiger partial charge in [0.05, 0.1) is 0 Å². The van der Waals surface area contributed by atoms with Gasteiger partial charge in [0.25, 0.3) is 0 Å². The number of phenols is 2. The molecule has 23 heavy (non-hydrogen) atoms. The van der Waals surface area contributed by atoms with Gasteiger partial charge >= 0.3 is 0 Å². The first-order chi connectivity index (χ1) is 10.7. The molecule has 3 nitrogen and oxygen atoms in total. The molecule has 0 saturated heterocycles. The molecule has 2 rings (SSSR count). The number of carbonyl (C=O) groups is 1. The summed E-state index contributed by atoms with van der Waals surface area (Å²) in [6, 6.07) is 11.2. The molecular weight excluding hydrogens is 288 g/mol. The van der Waals surface area contributed by atoms with Crippen molar-refractivity contribution in [2.75, 3.05) is 0 Å². The normalized spacial score (nSPS) is 11.5. The van der Waals surface area contributed by atoms with E-state index in [1.807, 2.05) is 38.1 Å². The average molecular weight is 312 g/mol. The second-order valence-corrected chi connectivity index (χ2v) is 6.54. The van der Waals surface area contributed by atoms with Crippen molar-refractivity contribution in [3.63, 3.8) is 0 Å². The third kappa shape index (κ3) is 3.55. The van der Waals surface area contributed by atoms with Crippen LogP contribution in [0.15, 0.2) is 36.4 Å². The molecule has 2 N–H and O–H groups in total. The first-order valence-corrected chi connectivity index (χ1v) is 7.83. The van der Waals surface area contributed by atoms with Gasteiger partial charge in [-0.3, -0.25) is 0 Å². The van der Waals surface area contributed by atoms with Crippen molar-refractivity contribution < 1.29 is 15.0 Å². The van der Waals surface area contributed by atoms with E-state index >= 15 is 0 Å². The maximum atomic E-state index is 11.5. The molecule has 0 aromatic heterocycles. The Hall–Kier alpha value is -2.29. The van der Waals surface area contributed by atoms with E-state index in [0.717, 1.165) is 22.3 Å². The van der Waals surface area contributed by atoms with Crippen LogP contribution in [0.5, 0.6) is 11.5 Å². The molecule has 0 bridgehead atoms. The minimum atomic E-state index is -0.359. The van der Waals surface area contributed by atoms with Crippen LogP contribution < -0.4 is 0 Å². The molecule has 3 heteroatoms. The summed E-state index contributed by atoms with van der Waals surface area (Å²) in [5.41, 5.74) is 3.38. The van der Waals surface area contributed by atoms with Crippen molar-refractivity contribution in [1.82, 2.24) is 0 Å². The zero-order valence-corrected chi connectivity index (χ0v) is 14.2. The highest BCUT2D eigenvalue weighted by molar-refractivity contribution is 5.75. The minimum absolute atomic E-state index is 0.155. The topological polar surface area (TPSA) is 57.5 Å². The molecule has 0 amide bonds. The van der Waals surface area contributed by atoms with E-state index in [4.69, 9.17) is 0 Å². The molecule has 0 saturated carbocycles. The lowest BCUT2D eigenvalue weighted by molar-refractivity contribution is -0.117. The fraction of sp³-hybridized carbons (Fsp3) is 0.350. The molecule has 0 aliphatic carbocycles. The summed E-state index contributed by atoms with van der Waals surface area (Å²) in [6.45, 7) is 7.44. The lowest BCUT2D eigenvalue weighted by Crippen LogP contribution is -2.25. The van der Waals surface area contributed by atoms with Gasteiger partial charge in [0.15, 0.2) is 0 Å². The van der Waals surface area contributed by atoms with E-state index in [2.05, 4.69) is 6.92 Å². The number of hydrogen-bond acceptors (Lipinski definition) is 3. The van der Waals surface area contributed by atoms with E-state index in [1.54, 1.807) is 19.1 Å². The fourth-order valence-electron chi connectivity index (χ4n) is 2.88. The van der Waals surface area contributed by atoms with E-state index in [-0.39, 0.29) is 22.7 Å². The second-order valence-electron chi connectivity index (χ2n) is 6.54. The van der Waals surface area contributed by atoms with Crippen LogP contribution >= 0.6 is 0 Å². The molecule has 0 spiro atoms. The van der Waals surface area contributed by atoms with E-state index < -0.39 is 0 Å². The summed E-state index contributed by atoms with van der Waals surface area (Å²) in [4.78, 5) is 11.5. The van der Waals surface area contributed by atoms with Gasteiger partial charge in [0.2, 0.25) is 0 Å². The zero-order chi connectivity index (χ0) is 17.2. The summed E-state index contributed by atoms with van der Waals surface area (Å²) >= 11 is 0. The maximum absolute atomic E-state index is 11.5. The number of ketones is 1. The van der Waals surface area contributed by atoms with Gasteiger partial charge in [-0.15, -0.1) is 0 Å². The number of aromatic hydroxyl groups is 2. The number of benzene rings is 2. The minimum Gasteiger partial charge on any atom is -0.508 e. The Kier molecular flexibility index (Phi) is 4.79. The summed E-state index contributed by atoms with van der Waals surface area (Å²) < 4.78 is 0. The van der Waals surface area contributed by atoms with Gasteiger partial charge in [0, 0.05) is 11.8 Å². The largest absolute Gasteiger partial charge is 0.508 e. The van der Waals surface area contributed by atoms with Crippen LogP contribution in [0.25, 0.3) is 0 Å². The van der Waals surface area contributed by atoms with E-state index in [0.29, 0.717) is 12.8 Å². The first-order valence-electron chi connectivity index (χ1n) is 7.83. The van der Waals surface area contributed by atoms with Crippen LogP contribution in [0.3, 0.4) is 0 Å². The van der Waals surface area contributed by atoms with E-state index in [1.165, 1.54) is 0 Å². The predicted molar refractivity (Wildman–Crippen MR) is 92.1 cm³/mol. The van der Waals surface area contributed by atoms with E-state index in [9.17, 15) is 15.0 Å². The number of Topliss-reactive ketones (excluding diaryl/α,β-unsaturated/α-hetero) is 1. The summed E-state index contributed by atoms with van der Waals surface area (Å²) in [6.07, 6.45) is 1.16. The molecule has 2 aromatic carbocycles. The molecule has 0 fully saturated rings. The van der Waals surface area contributed by atoms with Gasteiger partial charge in [-0.2, -0.15) is 0 Å². The van der Waals surface area contributed by atoms with Gasteiger partial charge in [0.1, 0.15) is 17.3 Å². The van der Waals surface area contributed by atoms with Crippen LogP contribution in [-0.2, 0) is 10.2 Å². The third-order valence-electron chi connectivity index (χ3n) is 4.64. The Balaban J connectivity index is 2.56. The molecule has 2 aromatic rings. The predicted octanol–water partition coefficient (Wildman–Crippen LogP) is 4.39. The SMILES string of the molecule is CC(=O)CCC(C)(c1ccc(O)c(C)c1)c1ccc(O)c(C)c1. The smallest absolute Gasteiger partial charge is 0.129 e. The molecular formula is C20H24O3. The van der Waals surface area contributed by atoms with Crippen molar-refractivity contribution in [1.29, 1.82) is 0 Å². The third-order valence-corrected chi connectivity index (χ3v) is 4.64. The van der Waals surface area contributed by atoms with Crippen LogP contribution in [-0.4, -0.2) is 16.0 Å². The fourth-order valence-corrected chi connectivity index (χ4v) is 2.88. The highest BCUT2D eigenvalue weighted by Gasteiger charge is 2.30. The Morgan fingerprint density at radius 3 is 1.74 bits per heavy atom.